The first-order valence-corrected chi connectivity index (χ1v) is 13.4. The van der Waals surface area contributed by atoms with Gasteiger partial charge in [0.05, 0.1) is 6.04 Å². The average molecular weight is 564 g/mol. The number of phenols is 1. The third-order valence-corrected chi connectivity index (χ3v) is 5.98. The summed E-state index contributed by atoms with van der Waals surface area (Å²) in [6.45, 7) is 7.72. The van der Waals surface area contributed by atoms with Crippen LogP contribution < -0.4 is 33.2 Å². The lowest BCUT2D eigenvalue weighted by Crippen LogP contribution is -2.58. The summed E-state index contributed by atoms with van der Waals surface area (Å²) in [6, 6.07) is 1.95. The van der Waals surface area contributed by atoms with E-state index in [4.69, 9.17) is 17.2 Å². The van der Waals surface area contributed by atoms with Gasteiger partial charge in [-0.3, -0.25) is 19.4 Å². The molecule has 4 atom stereocenters. The molecule has 13 nitrogen and oxygen atoms in total. The lowest BCUT2D eigenvalue weighted by molar-refractivity contribution is -0.143. The molecule has 0 aliphatic heterocycles. The predicted molar refractivity (Wildman–Crippen MR) is 152 cm³/mol. The molecule has 4 unspecified atom stereocenters. The van der Waals surface area contributed by atoms with E-state index < -0.39 is 47.9 Å². The number of hydrogen-bond donors (Lipinski definition) is 8. The number of amides is 3. The van der Waals surface area contributed by atoms with Gasteiger partial charge in [-0.1, -0.05) is 39.8 Å². The molecule has 0 aliphatic carbocycles. The molecule has 13 heteroatoms. The molecule has 224 valence electrons. The van der Waals surface area contributed by atoms with E-state index >= 15 is 0 Å². The number of aromatic hydroxyl groups is 1. The van der Waals surface area contributed by atoms with Gasteiger partial charge in [-0.2, -0.15) is 0 Å². The summed E-state index contributed by atoms with van der Waals surface area (Å²) in [5.74, 6) is -3.00. The molecule has 3 amide bonds. The molecule has 0 fully saturated rings. The number of carbonyl (C=O) groups excluding carboxylic acids is 3. The second-order valence-electron chi connectivity index (χ2n) is 10.7. The monoisotopic (exact) mass is 563 g/mol. The molecule has 1 aromatic rings. The third kappa shape index (κ3) is 13.3. The van der Waals surface area contributed by atoms with Crippen molar-refractivity contribution in [3.05, 3.63) is 29.8 Å². The fraction of sp³-hybridized carbons (Fsp3) is 0.593. The van der Waals surface area contributed by atoms with E-state index in [1.54, 1.807) is 12.1 Å². The number of aliphatic imine (C=N–C) groups is 1. The number of hydrogen-bond acceptors (Lipinski definition) is 7. The first-order chi connectivity index (χ1) is 18.7. The topological polar surface area (TPSA) is 235 Å². The Morgan fingerprint density at radius 2 is 1.32 bits per heavy atom. The van der Waals surface area contributed by atoms with Gasteiger partial charge in [0.2, 0.25) is 17.7 Å². The molecule has 0 saturated carbocycles. The lowest BCUT2D eigenvalue weighted by Gasteiger charge is -2.26. The number of nitrogens with two attached hydrogens (primary N) is 3. The second-order valence-corrected chi connectivity index (χ2v) is 10.7. The highest BCUT2D eigenvalue weighted by atomic mass is 16.4. The van der Waals surface area contributed by atoms with Crippen LogP contribution in [0.25, 0.3) is 0 Å². The summed E-state index contributed by atoms with van der Waals surface area (Å²) in [5, 5.41) is 27.0. The SMILES string of the molecule is CC(C)CC(NC(=O)C(CC(C)C)NC(=O)C(Cc1ccc(O)cc1)NC(=O)C(N)CCCN=C(N)N)C(=O)O. The molecule has 0 heterocycles. The minimum absolute atomic E-state index is 0.00629. The average Bonchev–Trinajstić information content (AvgIpc) is 2.85. The molecule has 0 saturated heterocycles. The van der Waals surface area contributed by atoms with Crippen molar-refractivity contribution in [1.82, 2.24) is 16.0 Å². The number of guanidine groups is 1. The Hall–Kier alpha value is -3.87. The zero-order valence-electron chi connectivity index (χ0n) is 23.7. The van der Waals surface area contributed by atoms with Gasteiger partial charge in [-0.05, 0) is 55.2 Å². The maximum atomic E-state index is 13.4. The van der Waals surface area contributed by atoms with Gasteiger partial charge in [0.25, 0.3) is 0 Å². The van der Waals surface area contributed by atoms with Gasteiger partial charge < -0.3 is 43.4 Å². The van der Waals surface area contributed by atoms with Gasteiger partial charge in [0.15, 0.2) is 5.96 Å². The van der Waals surface area contributed by atoms with Crippen LogP contribution >= 0.6 is 0 Å². The van der Waals surface area contributed by atoms with E-state index in [2.05, 4.69) is 20.9 Å². The van der Waals surface area contributed by atoms with Crippen molar-refractivity contribution in [2.75, 3.05) is 6.54 Å². The highest BCUT2D eigenvalue weighted by Crippen LogP contribution is 2.13. The fourth-order valence-corrected chi connectivity index (χ4v) is 3.95. The smallest absolute Gasteiger partial charge is 0.326 e. The maximum absolute atomic E-state index is 13.4. The Bertz CT molecular complexity index is 1010. The number of phenolic OH excluding ortho intramolecular Hbond substituents is 1. The Labute approximate surface area is 235 Å². The number of nitrogens with zero attached hydrogens (tertiary/aromatic N) is 1. The summed E-state index contributed by atoms with van der Waals surface area (Å²) in [6.07, 6.45) is 1.24. The van der Waals surface area contributed by atoms with Crippen molar-refractivity contribution in [2.45, 2.75) is 84.0 Å². The first kappa shape index (κ1) is 34.2. The van der Waals surface area contributed by atoms with E-state index in [-0.39, 0.29) is 49.2 Å². The van der Waals surface area contributed by atoms with Gasteiger partial charge in [-0.15, -0.1) is 0 Å². The quantitative estimate of drug-likeness (QED) is 0.0719. The molecule has 0 spiro atoms. The number of rotatable bonds is 17. The van der Waals surface area contributed by atoms with Crippen LogP contribution in [0.5, 0.6) is 5.75 Å². The van der Waals surface area contributed by atoms with Crippen molar-refractivity contribution >= 4 is 29.7 Å². The third-order valence-electron chi connectivity index (χ3n) is 5.98. The summed E-state index contributed by atoms with van der Waals surface area (Å²) in [7, 11) is 0. The molecule has 11 N–H and O–H groups in total. The van der Waals surface area contributed by atoms with E-state index in [9.17, 15) is 29.4 Å². The molecular weight excluding hydrogens is 518 g/mol. The Morgan fingerprint density at radius 1 is 0.825 bits per heavy atom. The van der Waals surface area contributed by atoms with Crippen LogP contribution in [-0.4, -0.2) is 70.6 Å². The van der Waals surface area contributed by atoms with Crippen LogP contribution in [0.4, 0.5) is 0 Å². The van der Waals surface area contributed by atoms with Crippen LogP contribution in [0.1, 0.15) is 58.9 Å². The fourth-order valence-electron chi connectivity index (χ4n) is 3.95. The van der Waals surface area contributed by atoms with Crippen LogP contribution in [0.15, 0.2) is 29.3 Å². The second kappa shape index (κ2) is 17.0. The highest BCUT2D eigenvalue weighted by Gasteiger charge is 2.31. The number of carboxylic acid groups (broad SMARTS) is 1. The van der Waals surface area contributed by atoms with E-state index in [1.807, 2.05) is 27.7 Å². The zero-order valence-corrected chi connectivity index (χ0v) is 23.7. The van der Waals surface area contributed by atoms with E-state index in [0.717, 1.165) is 0 Å². The van der Waals surface area contributed by atoms with Crippen LogP contribution in [0, 0.1) is 11.8 Å². The summed E-state index contributed by atoms with van der Waals surface area (Å²) < 4.78 is 0. The molecule has 1 rings (SSSR count). The summed E-state index contributed by atoms with van der Waals surface area (Å²) in [5.41, 5.74) is 17.3. The van der Waals surface area contributed by atoms with E-state index in [0.29, 0.717) is 18.5 Å². The minimum atomic E-state index is -1.16. The van der Waals surface area contributed by atoms with Gasteiger partial charge in [-0.25, -0.2) is 4.79 Å². The number of aliphatic carboxylic acids is 1. The Morgan fingerprint density at radius 3 is 1.85 bits per heavy atom. The standard InChI is InChI=1S/C27H45N7O6/c1-15(2)12-20(24(37)34-22(26(39)40)13-16(3)4)33-25(38)21(14-17-7-9-18(35)10-8-17)32-23(36)19(28)6-5-11-31-27(29)30/h7-10,15-16,19-22,35H,5-6,11-14,28H2,1-4H3,(H,32,36)(H,33,38)(H,34,37)(H,39,40)(H4,29,30,31). The maximum Gasteiger partial charge on any atom is 0.326 e. The molecular formula is C27H45N7O6. The lowest BCUT2D eigenvalue weighted by atomic mass is 9.99. The number of benzene rings is 1. The Kier molecular flexibility index (Phi) is 14.5. The molecule has 0 aliphatic rings. The minimum Gasteiger partial charge on any atom is -0.508 e. The van der Waals surface area contributed by atoms with Gasteiger partial charge in [0, 0.05) is 13.0 Å². The predicted octanol–water partition coefficient (Wildman–Crippen LogP) is -0.0532. The van der Waals surface area contributed by atoms with Crippen LogP contribution in [0.2, 0.25) is 0 Å². The van der Waals surface area contributed by atoms with Crippen molar-refractivity contribution in [1.29, 1.82) is 0 Å². The van der Waals surface area contributed by atoms with Crippen molar-refractivity contribution < 1.29 is 29.4 Å². The normalized spacial score (nSPS) is 14.1. The molecule has 40 heavy (non-hydrogen) atoms. The number of carboxylic acids is 1. The number of carbonyl (C=O) groups is 4. The zero-order chi connectivity index (χ0) is 30.4. The van der Waals surface area contributed by atoms with Gasteiger partial charge >= 0.3 is 5.97 Å². The summed E-state index contributed by atoms with van der Waals surface area (Å²) in [4.78, 5) is 55.0. The van der Waals surface area contributed by atoms with Crippen LogP contribution in [-0.2, 0) is 25.6 Å². The van der Waals surface area contributed by atoms with Crippen molar-refractivity contribution in [2.24, 2.45) is 34.0 Å². The molecule has 0 bridgehead atoms. The van der Waals surface area contributed by atoms with Crippen LogP contribution in [0.3, 0.4) is 0 Å². The van der Waals surface area contributed by atoms with Crippen molar-refractivity contribution in [3.63, 3.8) is 0 Å². The molecule has 0 aromatic heterocycles. The molecule has 1 aromatic carbocycles. The van der Waals surface area contributed by atoms with E-state index in [1.165, 1.54) is 12.1 Å². The largest absolute Gasteiger partial charge is 0.508 e. The highest BCUT2D eigenvalue weighted by molar-refractivity contribution is 5.94. The molecule has 0 radical (unpaired) electrons. The van der Waals surface area contributed by atoms with Gasteiger partial charge in [0.1, 0.15) is 23.9 Å². The number of nitrogens with one attached hydrogen (secondary N) is 3. The summed E-state index contributed by atoms with van der Waals surface area (Å²) >= 11 is 0. The Balaban J connectivity index is 3.10. The first-order valence-electron chi connectivity index (χ1n) is 13.4. The van der Waals surface area contributed by atoms with Crippen molar-refractivity contribution in [3.8, 4) is 5.75 Å².